The molecule has 2 aliphatic heterocycles. The summed E-state index contributed by atoms with van der Waals surface area (Å²) in [4.78, 5) is 22.6. The van der Waals surface area contributed by atoms with E-state index < -0.39 is 5.60 Å². The van der Waals surface area contributed by atoms with E-state index in [1.165, 1.54) is 0 Å². The number of hydrogen-bond donors (Lipinski definition) is 1. The second kappa shape index (κ2) is 3.84. The maximum absolute atomic E-state index is 11.8. The standard InChI is InChI=1S/C15H20O5/c1-8-9-3-6-15-7-18-20-10(15)4-5-14(2,17)12(15)11(9)19-13(8)16/h9-12,17H,1,3-7H2,2H3/t9-,10+,11-,12-,14+,15+/m0/s1. The Morgan fingerprint density at radius 2 is 2.15 bits per heavy atom. The van der Waals surface area contributed by atoms with Gasteiger partial charge >= 0.3 is 5.97 Å². The van der Waals surface area contributed by atoms with Crippen molar-refractivity contribution in [3.05, 3.63) is 12.2 Å². The van der Waals surface area contributed by atoms with Crippen molar-refractivity contribution in [2.45, 2.75) is 50.4 Å². The lowest BCUT2D eigenvalue weighted by atomic mass is 9.51. The molecule has 110 valence electrons. The molecular formula is C15H20O5. The van der Waals surface area contributed by atoms with E-state index in [4.69, 9.17) is 14.5 Å². The minimum absolute atomic E-state index is 0.00115. The minimum atomic E-state index is -0.859. The molecule has 0 unspecified atom stereocenters. The van der Waals surface area contributed by atoms with Gasteiger partial charge in [-0.3, -0.25) is 0 Å². The number of ether oxygens (including phenoxy) is 1. The summed E-state index contributed by atoms with van der Waals surface area (Å²) >= 11 is 0. The Balaban J connectivity index is 1.79. The quantitative estimate of drug-likeness (QED) is 0.412. The van der Waals surface area contributed by atoms with Gasteiger partial charge in [0.05, 0.1) is 12.2 Å². The van der Waals surface area contributed by atoms with Crippen molar-refractivity contribution < 1.29 is 24.4 Å². The molecule has 4 aliphatic rings. The van der Waals surface area contributed by atoms with Crippen molar-refractivity contribution in [1.29, 1.82) is 0 Å². The van der Waals surface area contributed by atoms with Gasteiger partial charge in [-0.1, -0.05) is 6.58 Å². The highest BCUT2D eigenvalue weighted by Gasteiger charge is 2.67. The van der Waals surface area contributed by atoms with Crippen LogP contribution in [0.3, 0.4) is 0 Å². The van der Waals surface area contributed by atoms with E-state index in [-0.39, 0.29) is 35.4 Å². The molecule has 0 aromatic carbocycles. The third-order valence-corrected chi connectivity index (χ3v) is 5.95. The summed E-state index contributed by atoms with van der Waals surface area (Å²) in [5, 5.41) is 10.9. The Kier molecular flexibility index (Phi) is 2.46. The maximum Gasteiger partial charge on any atom is 0.334 e. The molecule has 0 amide bonds. The number of rotatable bonds is 0. The molecular weight excluding hydrogens is 260 g/mol. The van der Waals surface area contributed by atoms with Gasteiger partial charge in [0.2, 0.25) is 0 Å². The smallest absolute Gasteiger partial charge is 0.334 e. The van der Waals surface area contributed by atoms with Crippen molar-refractivity contribution in [2.75, 3.05) is 6.61 Å². The molecule has 5 nitrogen and oxygen atoms in total. The Morgan fingerprint density at radius 1 is 1.35 bits per heavy atom. The van der Waals surface area contributed by atoms with Gasteiger partial charge in [-0.15, -0.1) is 0 Å². The topological polar surface area (TPSA) is 65.0 Å². The number of fused-ring (bicyclic) bond motifs is 2. The highest BCUT2D eigenvalue weighted by Crippen LogP contribution is 2.61. The summed E-state index contributed by atoms with van der Waals surface area (Å²) in [5.74, 6) is -0.419. The van der Waals surface area contributed by atoms with Gasteiger partial charge in [-0.05, 0) is 32.6 Å². The fourth-order valence-corrected chi connectivity index (χ4v) is 5.00. The van der Waals surface area contributed by atoms with Gasteiger partial charge in [0, 0.05) is 22.8 Å². The van der Waals surface area contributed by atoms with E-state index in [9.17, 15) is 9.90 Å². The molecule has 20 heavy (non-hydrogen) atoms. The zero-order valence-corrected chi connectivity index (χ0v) is 11.6. The van der Waals surface area contributed by atoms with Crippen molar-refractivity contribution in [3.8, 4) is 0 Å². The van der Waals surface area contributed by atoms with E-state index >= 15 is 0 Å². The number of hydrogen-bond acceptors (Lipinski definition) is 5. The predicted molar refractivity (Wildman–Crippen MR) is 68.3 cm³/mol. The lowest BCUT2D eigenvalue weighted by Crippen LogP contribution is -2.63. The van der Waals surface area contributed by atoms with E-state index in [0.717, 1.165) is 19.3 Å². The summed E-state index contributed by atoms with van der Waals surface area (Å²) in [7, 11) is 0. The zero-order valence-electron chi connectivity index (χ0n) is 11.6. The molecule has 1 spiro atoms. The van der Waals surface area contributed by atoms with Crippen LogP contribution >= 0.6 is 0 Å². The fourth-order valence-electron chi connectivity index (χ4n) is 5.00. The van der Waals surface area contributed by atoms with Crippen LogP contribution in [0.1, 0.15) is 32.6 Å². The van der Waals surface area contributed by atoms with Gasteiger partial charge in [-0.2, -0.15) is 0 Å². The largest absolute Gasteiger partial charge is 0.458 e. The number of aliphatic hydroxyl groups is 1. The fraction of sp³-hybridized carbons (Fsp3) is 0.800. The molecule has 0 bridgehead atoms. The van der Waals surface area contributed by atoms with E-state index in [1.807, 2.05) is 6.92 Å². The lowest BCUT2D eigenvalue weighted by molar-refractivity contribution is -0.283. The second-order valence-electron chi connectivity index (χ2n) is 6.99. The van der Waals surface area contributed by atoms with Crippen molar-refractivity contribution >= 4 is 5.97 Å². The Morgan fingerprint density at radius 3 is 2.95 bits per heavy atom. The van der Waals surface area contributed by atoms with Gasteiger partial charge in [-0.25, -0.2) is 14.6 Å². The van der Waals surface area contributed by atoms with Crippen LogP contribution in [0.5, 0.6) is 0 Å². The van der Waals surface area contributed by atoms with Crippen LogP contribution in [0, 0.1) is 17.3 Å². The van der Waals surface area contributed by atoms with E-state index in [0.29, 0.717) is 18.6 Å². The minimum Gasteiger partial charge on any atom is -0.458 e. The van der Waals surface area contributed by atoms with Crippen LogP contribution in [0.25, 0.3) is 0 Å². The number of carbonyl (C=O) groups is 1. The van der Waals surface area contributed by atoms with Gasteiger partial charge < -0.3 is 9.84 Å². The van der Waals surface area contributed by atoms with Crippen molar-refractivity contribution in [3.63, 3.8) is 0 Å². The van der Waals surface area contributed by atoms with E-state index in [1.54, 1.807) is 0 Å². The van der Waals surface area contributed by atoms with Gasteiger partial charge in [0.1, 0.15) is 12.2 Å². The first-order valence-corrected chi connectivity index (χ1v) is 7.36. The summed E-state index contributed by atoms with van der Waals surface area (Å²) in [6.07, 6.45) is 2.88. The van der Waals surface area contributed by atoms with Gasteiger partial charge in [0.25, 0.3) is 0 Å². The molecule has 1 N–H and O–H groups in total. The number of esters is 1. The average molecular weight is 280 g/mol. The third kappa shape index (κ3) is 1.41. The SMILES string of the molecule is C=C1C(=O)O[C@@H]2[C@@H]3[C@]4(CC[C@@H]12)COO[C@@H]4CC[C@@]3(C)O. The summed E-state index contributed by atoms with van der Waals surface area (Å²) in [5.41, 5.74) is -0.530. The normalized spacial score (nSPS) is 54.1. The molecule has 2 aliphatic carbocycles. The first-order chi connectivity index (χ1) is 9.46. The van der Waals surface area contributed by atoms with Crippen LogP contribution in [-0.4, -0.2) is 35.5 Å². The van der Waals surface area contributed by atoms with Crippen LogP contribution in [-0.2, 0) is 19.3 Å². The summed E-state index contributed by atoms with van der Waals surface area (Å²) in [6, 6.07) is 0. The summed E-state index contributed by atoms with van der Waals surface area (Å²) < 4.78 is 5.58. The first-order valence-electron chi connectivity index (χ1n) is 7.36. The molecule has 0 aromatic heterocycles. The second-order valence-corrected chi connectivity index (χ2v) is 6.99. The molecule has 4 fully saturated rings. The first kappa shape index (κ1) is 12.8. The monoisotopic (exact) mass is 280 g/mol. The lowest BCUT2D eigenvalue weighted by Gasteiger charge is -2.55. The highest BCUT2D eigenvalue weighted by molar-refractivity contribution is 5.91. The molecule has 0 aromatic rings. The molecule has 4 rings (SSSR count). The van der Waals surface area contributed by atoms with Crippen LogP contribution in [0.4, 0.5) is 0 Å². The predicted octanol–water partition coefficient (Wildman–Crippen LogP) is 1.36. The molecule has 5 heteroatoms. The molecule has 2 saturated carbocycles. The highest BCUT2D eigenvalue weighted by atomic mass is 17.2. The van der Waals surface area contributed by atoms with Crippen LogP contribution in [0.2, 0.25) is 0 Å². The third-order valence-electron chi connectivity index (χ3n) is 5.95. The number of carbonyl (C=O) groups excluding carboxylic acids is 1. The van der Waals surface area contributed by atoms with Crippen molar-refractivity contribution in [2.24, 2.45) is 17.3 Å². The Bertz CT molecular complexity index is 485. The van der Waals surface area contributed by atoms with Crippen LogP contribution in [0.15, 0.2) is 12.2 Å². The van der Waals surface area contributed by atoms with Crippen LogP contribution < -0.4 is 0 Å². The Labute approximate surface area is 117 Å². The molecule has 2 heterocycles. The Hall–Kier alpha value is -0.910. The zero-order chi connectivity index (χ0) is 14.1. The van der Waals surface area contributed by atoms with Gasteiger partial charge in [0.15, 0.2) is 0 Å². The molecule has 2 saturated heterocycles. The molecule has 0 radical (unpaired) electrons. The van der Waals surface area contributed by atoms with E-state index in [2.05, 4.69) is 6.58 Å². The molecule has 6 atom stereocenters. The maximum atomic E-state index is 11.8. The average Bonchev–Trinajstić information content (AvgIpc) is 2.91. The summed E-state index contributed by atoms with van der Waals surface area (Å²) in [6.45, 7) is 6.20. The van der Waals surface area contributed by atoms with Crippen molar-refractivity contribution in [1.82, 2.24) is 0 Å².